The van der Waals surface area contributed by atoms with Crippen molar-refractivity contribution < 1.29 is 9.53 Å². The van der Waals surface area contributed by atoms with Gasteiger partial charge in [-0.1, -0.05) is 0 Å². The third-order valence-corrected chi connectivity index (χ3v) is 2.16. The Morgan fingerprint density at radius 2 is 2.07 bits per heavy atom. The molecule has 1 aliphatic heterocycles. The molecule has 0 aromatic heterocycles. The molecular formula is C11H19NO2. The van der Waals surface area contributed by atoms with Crippen LogP contribution in [0.15, 0.2) is 4.99 Å². The predicted molar refractivity (Wildman–Crippen MR) is 56.5 cm³/mol. The van der Waals surface area contributed by atoms with Crippen molar-refractivity contribution in [1.29, 1.82) is 0 Å². The van der Waals surface area contributed by atoms with Gasteiger partial charge in [-0.3, -0.25) is 9.79 Å². The lowest BCUT2D eigenvalue weighted by molar-refractivity contribution is -0.155. The van der Waals surface area contributed by atoms with Gasteiger partial charge in [0.15, 0.2) is 0 Å². The second-order valence-electron chi connectivity index (χ2n) is 5.49. The second-order valence-corrected chi connectivity index (χ2v) is 5.49. The zero-order valence-electron chi connectivity index (χ0n) is 9.63. The summed E-state index contributed by atoms with van der Waals surface area (Å²) in [4.78, 5) is 15.8. The number of carbonyl (C=O) groups is 1. The zero-order valence-corrected chi connectivity index (χ0v) is 9.63. The number of carbonyl (C=O) groups excluding carboxylic acids is 1. The molecule has 80 valence electrons. The largest absolute Gasteiger partial charge is 0.456 e. The topological polar surface area (TPSA) is 38.7 Å². The van der Waals surface area contributed by atoms with Gasteiger partial charge in [0.1, 0.15) is 6.10 Å². The highest BCUT2D eigenvalue weighted by molar-refractivity contribution is 5.79. The van der Waals surface area contributed by atoms with Crippen molar-refractivity contribution >= 4 is 12.2 Å². The Labute approximate surface area is 85.6 Å². The average molecular weight is 197 g/mol. The van der Waals surface area contributed by atoms with Crippen molar-refractivity contribution in [2.24, 2.45) is 10.4 Å². The molecular weight excluding hydrogens is 178 g/mol. The quantitative estimate of drug-likeness (QED) is 0.604. The molecule has 0 N–H and O–H groups in total. The van der Waals surface area contributed by atoms with Crippen LogP contribution >= 0.6 is 0 Å². The van der Waals surface area contributed by atoms with Gasteiger partial charge in [-0.05, 0) is 34.6 Å². The van der Waals surface area contributed by atoms with Gasteiger partial charge in [-0.2, -0.15) is 0 Å². The average Bonchev–Trinajstić information content (AvgIpc) is 2.28. The highest BCUT2D eigenvalue weighted by atomic mass is 16.5. The molecule has 0 amide bonds. The molecule has 0 radical (unpaired) electrons. The third-order valence-electron chi connectivity index (χ3n) is 2.16. The van der Waals surface area contributed by atoms with E-state index in [4.69, 9.17) is 4.74 Å². The SMILES string of the molecule is CC1(C)CC(OC(=O)C(C)(C)C)C=N1. The van der Waals surface area contributed by atoms with Crippen LogP contribution in [0.1, 0.15) is 41.0 Å². The molecule has 1 rings (SSSR count). The lowest BCUT2D eigenvalue weighted by Crippen LogP contribution is -2.29. The summed E-state index contributed by atoms with van der Waals surface area (Å²) in [5, 5.41) is 0. The highest BCUT2D eigenvalue weighted by Crippen LogP contribution is 2.25. The zero-order chi connectivity index (χ0) is 11.0. The summed E-state index contributed by atoms with van der Waals surface area (Å²) < 4.78 is 5.32. The van der Waals surface area contributed by atoms with E-state index in [0.29, 0.717) is 0 Å². The number of nitrogens with zero attached hydrogens (tertiary/aromatic N) is 1. The smallest absolute Gasteiger partial charge is 0.311 e. The van der Waals surface area contributed by atoms with Crippen LogP contribution in [0, 0.1) is 5.41 Å². The fourth-order valence-corrected chi connectivity index (χ4v) is 1.27. The lowest BCUT2D eigenvalue weighted by Gasteiger charge is -2.21. The molecule has 0 bridgehead atoms. The minimum atomic E-state index is -0.430. The number of hydrogen-bond acceptors (Lipinski definition) is 3. The number of ether oxygens (including phenoxy) is 1. The van der Waals surface area contributed by atoms with Crippen LogP contribution < -0.4 is 0 Å². The summed E-state index contributed by atoms with van der Waals surface area (Å²) in [7, 11) is 0. The minimum absolute atomic E-state index is 0.0805. The maximum absolute atomic E-state index is 11.5. The highest BCUT2D eigenvalue weighted by Gasteiger charge is 2.32. The molecule has 0 saturated heterocycles. The van der Waals surface area contributed by atoms with E-state index in [-0.39, 0.29) is 17.6 Å². The van der Waals surface area contributed by atoms with Crippen molar-refractivity contribution in [3.8, 4) is 0 Å². The van der Waals surface area contributed by atoms with Crippen LogP contribution in [-0.2, 0) is 9.53 Å². The second kappa shape index (κ2) is 3.37. The number of hydrogen-bond donors (Lipinski definition) is 0. The van der Waals surface area contributed by atoms with E-state index in [9.17, 15) is 4.79 Å². The van der Waals surface area contributed by atoms with Crippen molar-refractivity contribution in [3.63, 3.8) is 0 Å². The van der Waals surface area contributed by atoms with Crippen LogP contribution in [0.2, 0.25) is 0 Å². The first-order valence-electron chi connectivity index (χ1n) is 4.97. The molecule has 3 heteroatoms. The van der Waals surface area contributed by atoms with Gasteiger partial charge in [-0.15, -0.1) is 0 Å². The summed E-state index contributed by atoms with van der Waals surface area (Å²) in [6, 6.07) is 0. The van der Waals surface area contributed by atoms with E-state index in [1.165, 1.54) is 0 Å². The summed E-state index contributed by atoms with van der Waals surface area (Å²) in [5.74, 6) is -0.161. The number of rotatable bonds is 1. The fourth-order valence-electron chi connectivity index (χ4n) is 1.27. The molecule has 0 aromatic carbocycles. The molecule has 1 unspecified atom stereocenters. The molecule has 0 aromatic rings. The van der Waals surface area contributed by atoms with Gasteiger partial charge in [-0.25, -0.2) is 0 Å². The Bertz CT molecular complexity index is 261. The first-order chi connectivity index (χ1) is 6.21. The molecule has 0 spiro atoms. The van der Waals surface area contributed by atoms with E-state index in [0.717, 1.165) is 6.42 Å². The maximum Gasteiger partial charge on any atom is 0.311 e. The summed E-state index contributed by atoms with van der Waals surface area (Å²) in [5.41, 5.74) is -0.511. The molecule has 0 aliphatic carbocycles. The summed E-state index contributed by atoms with van der Waals surface area (Å²) in [6.45, 7) is 9.63. The van der Waals surface area contributed by atoms with Gasteiger partial charge in [0.25, 0.3) is 0 Å². The standard InChI is InChI=1S/C11H19NO2/c1-10(2,3)9(13)14-8-6-11(4,5)12-7-8/h7-8H,6H2,1-5H3. The van der Waals surface area contributed by atoms with Crippen LogP contribution in [0.5, 0.6) is 0 Å². The molecule has 1 heterocycles. The minimum Gasteiger partial charge on any atom is -0.456 e. The van der Waals surface area contributed by atoms with Gasteiger partial charge in [0, 0.05) is 12.6 Å². The summed E-state index contributed by atoms with van der Waals surface area (Å²) >= 11 is 0. The Kier molecular flexibility index (Phi) is 2.70. The fraction of sp³-hybridized carbons (Fsp3) is 0.818. The van der Waals surface area contributed by atoms with E-state index < -0.39 is 5.41 Å². The Balaban J connectivity index is 2.50. The Morgan fingerprint density at radius 1 is 1.50 bits per heavy atom. The first-order valence-corrected chi connectivity index (χ1v) is 4.97. The monoisotopic (exact) mass is 197 g/mol. The first kappa shape index (κ1) is 11.2. The summed E-state index contributed by atoms with van der Waals surface area (Å²) in [6.07, 6.45) is 2.38. The number of esters is 1. The molecule has 1 aliphatic rings. The van der Waals surface area contributed by atoms with Crippen molar-refractivity contribution in [2.45, 2.75) is 52.7 Å². The molecule has 3 nitrogen and oxygen atoms in total. The van der Waals surface area contributed by atoms with Crippen LogP contribution in [0.4, 0.5) is 0 Å². The predicted octanol–water partition coefficient (Wildman–Crippen LogP) is 2.20. The number of aliphatic imine (C=N–C) groups is 1. The van der Waals surface area contributed by atoms with Crippen LogP contribution in [0.25, 0.3) is 0 Å². The Hall–Kier alpha value is -0.860. The van der Waals surface area contributed by atoms with Gasteiger partial charge >= 0.3 is 5.97 Å². The lowest BCUT2D eigenvalue weighted by atomic mass is 9.97. The third kappa shape index (κ3) is 2.82. The Morgan fingerprint density at radius 3 is 2.43 bits per heavy atom. The van der Waals surface area contributed by atoms with Gasteiger partial charge < -0.3 is 4.74 Å². The van der Waals surface area contributed by atoms with Crippen molar-refractivity contribution in [3.05, 3.63) is 0 Å². The van der Waals surface area contributed by atoms with Gasteiger partial charge in [0.2, 0.25) is 0 Å². The molecule has 0 fully saturated rings. The molecule has 0 saturated carbocycles. The molecule has 1 atom stereocenters. The van der Waals surface area contributed by atoms with E-state index in [1.807, 2.05) is 34.6 Å². The van der Waals surface area contributed by atoms with Crippen molar-refractivity contribution in [2.75, 3.05) is 0 Å². The van der Waals surface area contributed by atoms with Crippen molar-refractivity contribution in [1.82, 2.24) is 0 Å². The van der Waals surface area contributed by atoms with Crippen LogP contribution in [0.3, 0.4) is 0 Å². The maximum atomic E-state index is 11.5. The van der Waals surface area contributed by atoms with Gasteiger partial charge in [0.05, 0.1) is 11.0 Å². The van der Waals surface area contributed by atoms with E-state index >= 15 is 0 Å². The van der Waals surface area contributed by atoms with Crippen LogP contribution in [-0.4, -0.2) is 23.8 Å². The van der Waals surface area contributed by atoms with E-state index in [1.54, 1.807) is 6.21 Å². The normalized spacial score (nSPS) is 25.1. The van der Waals surface area contributed by atoms with E-state index in [2.05, 4.69) is 4.99 Å². The molecule has 14 heavy (non-hydrogen) atoms.